The fraction of sp³-hybridized carbons (Fsp3) is 0.545. The van der Waals surface area contributed by atoms with Crippen molar-refractivity contribution in [3.63, 3.8) is 0 Å². The molecule has 2 heterocycles. The van der Waals surface area contributed by atoms with Crippen LogP contribution in [0.4, 0.5) is 22.0 Å². The van der Waals surface area contributed by atoms with Crippen molar-refractivity contribution in [2.24, 2.45) is 5.92 Å². The molecule has 7 nitrogen and oxygen atoms in total. The number of nitrogens with zero attached hydrogens (tertiary/aromatic N) is 2. The van der Waals surface area contributed by atoms with E-state index in [2.05, 4.69) is 9.68 Å². The SMILES string of the molecule is Cc1c(C23CC2CN(C(=O)c2cc(S(C)(=O)=O)ccc2O[C@@H](C)C(C)(F)F)C3)noc1C(F)(F)F. The number of halogens is 5. The molecule has 0 spiro atoms. The topological polar surface area (TPSA) is 89.7 Å². The maximum Gasteiger partial charge on any atom is 0.452 e. The van der Waals surface area contributed by atoms with Crippen molar-refractivity contribution in [2.75, 3.05) is 19.3 Å². The molecule has 4 rings (SSSR count). The van der Waals surface area contributed by atoms with Gasteiger partial charge in [0.25, 0.3) is 11.8 Å². The maximum absolute atomic E-state index is 13.7. The minimum Gasteiger partial charge on any atom is -0.484 e. The van der Waals surface area contributed by atoms with Gasteiger partial charge in [0.15, 0.2) is 15.9 Å². The van der Waals surface area contributed by atoms with Crippen LogP contribution in [0.15, 0.2) is 27.6 Å². The summed E-state index contributed by atoms with van der Waals surface area (Å²) >= 11 is 0. The maximum atomic E-state index is 13.7. The number of sulfone groups is 1. The minimum atomic E-state index is -4.71. The van der Waals surface area contributed by atoms with E-state index in [0.717, 1.165) is 31.4 Å². The summed E-state index contributed by atoms with van der Waals surface area (Å²) in [4.78, 5) is 14.5. The van der Waals surface area contributed by atoms with Crippen LogP contribution >= 0.6 is 0 Å². The summed E-state index contributed by atoms with van der Waals surface area (Å²) in [5.41, 5.74) is -1.05. The molecule has 13 heteroatoms. The molecule has 192 valence electrons. The second kappa shape index (κ2) is 7.90. The lowest BCUT2D eigenvalue weighted by Gasteiger charge is -2.25. The van der Waals surface area contributed by atoms with Gasteiger partial charge in [-0.05, 0) is 44.4 Å². The van der Waals surface area contributed by atoms with Crippen molar-refractivity contribution < 1.29 is 44.4 Å². The summed E-state index contributed by atoms with van der Waals surface area (Å²) in [5, 5.41) is 3.65. The van der Waals surface area contributed by atoms with Gasteiger partial charge in [0.05, 0.1) is 16.2 Å². The van der Waals surface area contributed by atoms with Crippen LogP contribution in [-0.2, 0) is 21.4 Å². The Hall–Kier alpha value is -2.70. The van der Waals surface area contributed by atoms with Crippen molar-refractivity contribution in [2.45, 2.75) is 55.7 Å². The number of amides is 1. The van der Waals surface area contributed by atoms with Crippen LogP contribution in [0.5, 0.6) is 5.75 Å². The van der Waals surface area contributed by atoms with Gasteiger partial charge in [0, 0.05) is 37.2 Å². The van der Waals surface area contributed by atoms with Crippen molar-refractivity contribution in [3.8, 4) is 5.75 Å². The third kappa shape index (κ3) is 4.50. The van der Waals surface area contributed by atoms with Gasteiger partial charge in [-0.15, -0.1) is 0 Å². The number of ether oxygens (including phenoxy) is 1. The number of likely N-dealkylation sites (tertiary alicyclic amines) is 1. The molecule has 2 unspecified atom stereocenters. The molecule has 3 atom stereocenters. The quantitative estimate of drug-likeness (QED) is 0.528. The monoisotopic (exact) mass is 522 g/mol. The second-order valence-corrected chi connectivity index (χ2v) is 11.4. The van der Waals surface area contributed by atoms with Crippen molar-refractivity contribution >= 4 is 15.7 Å². The number of rotatable bonds is 6. The number of hydrogen-bond donors (Lipinski definition) is 0. The molecule has 0 N–H and O–H groups in total. The van der Waals surface area contributed by atoms with E-state index in [1.54, 1.807) is 0 Å². The second-order valence-electron chi connectivity index (χ2n) is 9.37. The molecule has 1 aliphatic heterocycles. The number of carbonyl (C=O) groups is 1. The first-order valence-electron chi connectivity index (χ1n) is 10.7. The molecule has 1 amide bonds. The van der Waals surface area contributed by atoms with E-state index >= 15 is 0 Å². The fourth-order valence-electron chi connectivity index (χ4n) is 4.54. The van der Waals surface area contributed by atoms with E-state index in [4.69, 9.17) is 4.74 Å². The van der Waals surface area contributed by atoms with Gasteiger partial charge in [0.2, 0.25) is 5.76 Å². The number of alkyl halides is 5. The van der Waals surface area contributed by atoms with Gasteiger partial charge >= 0.3 is 6.18 Å². The fourth-order valence-corrected chi connectivity index (χ4v) is 5.19. The number of benzene rings is 1. The van der Waals surface area contributed by atoms with Crippen molar-refractivity contribution in [3.05, 3.63) is 40.8 Å². The average Bonchev–Trinajstić information content (AvgIpc) is 3.05. The first-order chi connectivity index (χ1) is 15.9. The smallest absolute Gasteiger partial charge is 0.452 e. The molecule has 1 saturated carbocycles. The molecular formula is C22H23F5N2O5S. The minimum absolute atomic E-state index is 0.0171. The van der Waals surface area contributed by atoms with Crippen LogP contribution < -0.4 is 4.74 Å². The number of carbonyl (C=O) groups excluding carboxylic acids is 1. The van der Waals surface area contributed by atoms with E-state index in [1.165, 1.54) is 11.8 Å². The third-order valence-corrected chi connectivity index (χ3v) is 7.82. The summed E-state index contributed by atoms with van der Waals surface area (Å²) in [5.74, 6) is -5.50. The predicted molar refractivity (Wildman–Crippen MR) is 112 cm³/mol. The summed E-state index contributed by atoms with van der Waals surface area (Å²) in [6, 6.07) is 3.37. The molecule has 1 aromatic heterocycles. The molecule has 0 bridgehead atoms. The first-order valence-corrected chi connectivity index (χ1v) is 12.6. The highest BCUT2D eigenvalue weighted by atomic mass is 32.2. The zero-order valence-corrected chi connectivity index (χ0v) is 20.1. The number of fused-ring (bicyclic) bond motifs is 1. The highest BCUT2D eigenvalue weighted by Crippen LogP contribution is 2.60. The molecule has 1 aromatic carbocycles. The molecular weight excluding hydrogens is 499 g/mol. The summed E-state index contributed by atoms with van der Waals surface area (Å²) < 4.78 is 101. The molecule has 1 aliphatic carbocycles. The molecule has 1 saturated heterocycles. The molecule has 2 aliphatic rings. The van der Waals surface area contributed by atoms with Crippen LogP contribution in [0, 0.1) is 12.8 Å². The lowest BCUT2D eigenvalue weighted by Crippen LogP contribution is -2.35. The lowest BCUT2D eigenvalue weighted by molar-refractivity contribution is -0.156. The average molecular weight is 522 g/mol. The van der Waals surface area contributed by atoms with Crippen LogP contribution in [-0.4, -0.2) is 55.8 Å². The Balaban J connectivity index is 1.66. The Morgan fingerprint density at radius 2 is 1.94 bits per heavy atom. The van der Waals surface area contributed by atoms with Crippen LogP contribution in [0.3, 0.4) is 0 Å². The van der Waals surface area contributed by atoms with Gasteiger partial charge in [0.1, 0.15) is 5.75 Å². The van der Waals surface area contributed by atoms with E-state index in [-0.39, 0.29) is 46.5 Å². The Morgan fingerprint density at radius 3 is 2.49 bits per heavy atom. The first kappa shape index (κ1) is 25.4. The largest absolute Gasteiger partial charge is 0.484 e. The van der Waals surface area contributed by atoms with E-state index < -0.39 is 45.1 Å². The Kier molecular flexibility index (Phi) is 5.73. The van der Waals surface area contributed by atoms with Gasteiger partial charge in [-0.2, -0.15) is 13.2 Å². The van der Waals surface area contributed by atoms with Gasteiger partial charge < -0.3 is 14.2 Å². The third-order valence-electron chi connectivity index (χ3n) is 6.71. The van der Waals surface area contributed by atoms with E-state index in [9.17, 15) is 35.2 Å². The van der Waals surface area contributed by atoms with Crippen LogP contribution in [0.1, 0.15) is 47.6 Å². The molecule has 0 radical (unpaired) electrons. The molecule has 2 aromatic rings. The lowest BCUT2D eigenvalue weighted by atomic mass is 9.97. The van der Waals surface area contributed by atoms with E-state index in [0.29, 0.717) is 13.3 Å². The van der Waals surface area contributed by atoms with E-state index in [1.807, 2.05) is 0 Å². The van der Waals surface area contributed by atoms with Crippen molar-refractivity contribution in [1.29, 1.82) is 0 Å². The predicted octanol–water partition coefficient (Wildman–Crippen LogP) is 4.24. The molecule has 35 heavy (non-hydrogen) atoms. The zero-order chi connectivity index (χ0) is 26.1. The zero-order valence-electron chi connectivity index (χ0n) is 19.2. The number of piperidine rings is 1. The van der Waals surface area contributed by atoms with Crippen LogP contribution in [0.2, 0.25) is 0 Å². The van der Waals surface area contributed by atoms with Gasteiger partial charge in [-0.25, -0.2) is 17.2 Å². The summed E-state index contributed by atoms with van der Waals surface area (Å²) in [6.45, 7) is 3.22. The standard InChI is InChI=1S/C22H23F5N2O5S/c1-11-17(28-34-18(11)22(25,26)27)21-8-13(21)9-29(10-21)19(30)15-7-14(35(4,31)32)5-6-16(15)33-12(2)20(3,23)24/h5-7,12-13H,8-10H2,1-4H3/t12-,13?,21?/m0/s1. The molecule has 2 fully saturated rings. The Morgan fingerprint density at radius 1 is 1.29 bits per heavy atom. The highest BCUT2D eigenvalue weighted by Gasteiger charge is 2.64. The normalized spacial score (nSPS) is 23.2. The Labute approximate surface area is 198 Å². The van der Waals surface area contributed by atoms with Crippen molar-refractivity contribution in [1.82, 2.24) is 10.1 Å². The number of hydrogen-bond acceptors (Lipinski definition) is 6. The van der Waals surface area contributed by atoms with Gasteiger partial charge in [-0.3, -0.25) is 4.79 Å². The van der Waals surface area contributed by atoms with Crippen LogP contribution in [0.25, 0.3) is 0 Å². The van der Waals surface area contributed by atoms with Gasteiger partial charge in [-0.1, -0.05) is 5.16 Å². The summed E-state index contributed by atoms with van der Waals surface area (Å²) in [7, 11) is -3.73. The highest BCUT2D eigenvalue weighted by molar-refractivity contribution is 7.90. The Bertz CT molecular complexity index is 1280. The number of aromatic nitrogens is 1. The summed E-state index contributed by atoms with van der Waals surface area (Å²) in [6.07, 6.45) is -4.88.